The van der Waals surface area contributed by atoms with Crippen LogP contribution >= 0.6 is 0 Å². The normalized spacial score (nSPS) is 15.4. The Hall–Kier alpha value is -2.09. The van der Waals surface area contributed by atoms with Gasteiger partial charge in [0.2, 0.25) is 0 Å². The SMILES string of the molecule is Cc1ccc(-c2ccc(OC(=O)C3CCCCC3)c(C)c2)cc1. The van der Waals surface area contributed by atoms with Crippen molar-refractivity contribution in [2.45, 2.75) is 46.0 Å². The van der Waals surface area contributed by atoms with Crippen LogP contribution in [0.25, 0.3) is 11.1 Å². The number of hydrogen-bond acceptors (Lipinski definition) is 2. The number of benzene rings is 2. The zero-order valence-electron chi connectivity index (χ0n) is 14.0. The molecule has 0 unspecified atom stereocenters. The van der Waals surface area contributed by atoms with Gasteiger partial charge in [-0.25, -0.2) is 0 Å². The molecule has 0 amide bonds. The summed E-state index contributed by atoms with van der Waals surface area (Å²) in [6, 6.07) is 14.5. The summed E-state index contributed by atoms with van der Waals surface area (Å²) >= 11 is 0. The molecule has 0 saturated heterocycles. The lowest BCUT2D eigenvalue weighted by Crippen LogP contribution is -2.23. The molecule has 0 atom stereocenters. The summed E-state index contributed by atoms with van der Waals surface area (Å²) in [5.41, 5.74) is 4.60. The third-order valence-corrected chi connectivity index (χ3v) is 4.71. The van der Waals surface area contributed by atoms with Gasteiger partial charge in [-0.2, -0.15) is 0 Å². The summed E-state index contributed by atoms with van der Waals surface area (Å²) < 4.78 is 5.66. The molecule has 0 radical (unpaired) electrons. The molecule has 0 N–H and O–H groups in total. The van der Waals surface area contributed by atoms with Crippen molar-refractivity contribution in [1.29, 1.82) is 0 Å². The van der Waals surface area contributed by atoms with Crippen molar-refractivity contribution in [2.24, 2.45) is 5.92 Å². The summed E-state index contributed by atoms with van der Waals surface area (Å²) in [7, 11) is 0. The molecule has 1 fully saturated rings. The molecule has 0 heterocycles. The fraction of sp³-hybridized carbons (Fsp3) is 0.381. The van der Waals surface area contributed by atoms with E-state index in [-0.39, 0.29) is 11.9 Å². The predicted molar refractivity (Wildman–Crippen MR) is 93.6 cm³/mol. The maximum atomic E-state index is 12.3. The van der Waals surface area contributed by atoms with Crippen LogP contribution in [0.3, 0.4) is 0 Å². The molecule has 23 heavy (non-hydrogen) atoms. The lowest BCUT2D eigenvalue weighted by Gasteiger charge is -2.20. The molecule has 0 bridgehead atoms. The van der Waals surface area contributed by atoms with Gasteiger partial charge in [0.25, 0.3) is 0 Å². The molecule has 1 saturated carbocycles. The lowest BCUT2D eigenvalue weighted by molar-refractivity contribution is -0.140. The minimum absolute atomic E-state index is 0.0594. The summed E-state index contributed by atoms with van der Waals surface area (Å²) in [5.74, 6) is 0.715. The molecule has 0 aromatic heterocycles. The first kappa shape index (κ1) is 15.8. The van der Waals surface area contributed by atoms with E-state index in [0.717, 1.165) is 36.8 Å². The smallest absolute Gasteiger partial charge is 0.314 e. The Morgan fingerprint density at radius 3 is 2.22 bits per heavy atom. The van der Waals surface area contributed by atoms with Crippen molar-refractivity contribution >= 4 is 5.97 Å². The third kappa shape index (κ3) is 3.82. The predicted octanol–water partition coefficient (Wildman–Crippen LogP) is 5.46. The number of hydrogen-bond donors (Lipinski definition) is 0. The Labute approximate surface area is 138 Å². The monoisotopic (exact) mass is 308 g/mol. The average molecular weight is 308 g/mol. The van der Waals surface area contributed by atoms with E-state index < -0.39 is 0 Å². The zero-order valence-corrected chi connectivity index (χ0v) is 14.0. The summed E-state index contributed by atoms with van der Waals surface area (Å²) in [6.45, 7) is 4.09. The van der Waals surface area contributed by atoms with E-state index in [9.17, 15) is 4.79 Å². The highest BCUT2D eigenvalue weighted by Crippen LogP contribution is 2.29. The van der Waals surface area contributed by atoms with Gasteiger partial charge in [0, 0.05) is 0 Å². The van der Waals surface area contributed by atoms with Gasteiger partial charge in [0.05, 0.1) is 5.92 Å². The van der Waals surface area contributed by atoms with Crippen molar-refractivity contribution in [3.63, 3.8) is 0 Å². The highest BCUT2D eigenvalue weighted by atomic mass is 16.5. The Kier molecular flexibility index (Phi) is 4.80. The van der Waals surface area contributed by atoms with Gasteiger partial charge in [-0.1, -0.05) is 55.2 Å². The third-order valence-electron chi connectivity index (χ3n) is 4.71. The van der Waals surface area contributed by atoms with Gasteiger partial charge < -0.3 is 4.74 Å². The minimum Gasteiger partial charge on any atom is -0.426 e. The summed E-state index contributed by atoms with van der Waals surface area (Å²) in [4.78, 5) is 12.3. The molecule has 120 valence electrons. The van der Waals surface area contributed by atoms with Crippen LogP contribution in [-0.2, 0) is 4.79 Å². The van der Waals surface area contributed by atoms with Gasteiger partial charge in [-0.05, 0) is 55.5 Å². The molecule has 2 aromatic carbocycles. The van der Waals surface area contributed by atoms with Gasteiger partial charge >= 0.3 is 5.97 Å². The molecule has 1 aliphatic rings. The number of carbonyl (C=O) groups excluding carboxylic acids is 1. The fourth-order valence-electron chi connectivity index (χ4n) is 3.22. The average Bonchev–Trinajstić information content (AvgIpc) is 2.58. The molecule has 3 rings (SSSR count). The molecule has 0 spiro atoms. The van der Waals surface area contributed by atoms with E-state index in [0.29, 0.717) is 5.75 Å². The topological polar surface area (TPSA) is 26.3 Å². The molecule has 0 aliphatic heterocycles. The van der Waals surface area contributed by atoms with Gasteiger partial charge in [0.1, 0.15) is 5.75 Å². The molecule has 1 aliphatic carbocycles. The largest absolute Gasteiger partial charge is 0.426 e. The Morgan fingerprint density at radius 2 is 1.57 bits per heavy atom. The second-order valence-electron chi connectivity index (χ2n) is 6.60. The van der Waals surface area contributed by atoms with E-state index in [1.54, 1.807) is 0 Å². The Morgan fingerprint density at radius 1 is 0.913 bits per heavy atom. The molecule has 2 nitrogen and oxygen atoms in total. The highest BCUT2D eigenvalue weighted by Gasteiger charge is 2.23. The lowest BCUT2D eigenvalue weighted by atomic mass is 9.89. The van der Waals surface area contributed by atoms with Crippen LogP contribution in [-0.4, -0.2) is 5.97 Å². The highest BCUT2D eigenvalue weighted by molar-refractivity contribution is 5.76. The van der Waals surface area contributed by atoms with E-state index in [1.807, 2.05) is 19.1 Å². The van der Waals surface area contributed by atoms with Gasteiger partial charge in [-0.15, -0.1) is 0 Å². The number of rotatable bonds is 3. The molecule has 2 heteroatoms. The maximum Gasteiger partial charge on any atom is 0.314 e. The Bertz CT molecular complexity index is 679. The van der Waals surface area contributed by atoms with Crippen LogP contribution in [0, 0.1) is 19.8 Å². The second kappa shape index (κ2) is 6.99. The first-order chi connectivity index (χ1) is 11.1. The van der Waals surface area contributed by atoms with Crippen LogP contribution in [0.1, 0.15) is 43.2 Å². The number of aryl methyl sites for hydroxylation is 2. The van der Waals surface area contributed by atoms with Crippen molar-refractivity contribution < 1.29 is 9.53 Å². The van der Waals surface area contributed by atoms with E-state index in [4.69, 9.17) is 4.74 Å². The number of carbonyl (C=O) groups is 1. The second-order valence-corrected chi connectivity index (χ2v) is 6.60. The number of esters is 1. The fourth-order valence-corrected chi connectivity index (χ4v) is 3.22. The zero-order chi connectivity index (χ0) is 16.2. The van der Waals surface area contributed by atoms with Crippen LogP contribution in [0.15, 0.2) is 42.5 Å². The Balaban J connectivity index is 1.74. The standard InChI is InChI=1S/C21H24O2/c1-15-8-10-17(11-9-15)19-12-13-20(16(2)14-19)23-21(22)18-6-4-3-5-7-18/h8-14,18H,3-7H2,1-2H3. The summed E-state index contributed by atoms with van der Waals surface area (Å²) in [6.07, 6.45) is 5.48. The van der Waals surface area contributed by atoms with E-state index >= 15 is 0 Å². The first-order valence-corrected chi connectivity index (χ1v) is 8.53. The molecular formula is C21H24O2. The number of ether oxygens (including phenoxy) is 1. The van der Waals surface area contributed by atoms with Crippen molar-refractivity contribution in [2.75, 3.05) is 0 Å². The quantitative estimate of drug-likeness (QED) is 0.556. The molecular weight excluding hydrogens is 284 g/mol. The van der Waals surface area contributed by atoms with Crippen LogP contribution < -0.4 is 4.74 Å². The maximum absolute atomic E-state index is 12.3. The van der Waals surface area contributed by atoms with Crippen molar-refractivity contribution in [3.8, 4) is 16.9 Å². The molecule has 2 aromatic rings. The van der Waals surface area contributed by atoms with Crippen molar-refractivity contribution in [3.05, 3.63) is 53.6 Å². The van der Waals surface area contributed by atoms with Gasteiger partial charge in [-0.3, -0.25) is 4.79 Å². The van der Waals surface area contributed by atoms with Crippen LogP contribution in [0.2, 0.25) is 0 Å². The van der Waals surface area contributed by atoms with Crippen molar-refractivity contribution in [1.82, 2.24) is 0 Å². The van der Waals surface area contributed by atoms with E-state index in [2.05, 4.69) is 37.3 Å². The van der Waals surface area contributed by atoms with Crippen LogP contribution in [0.5, 0.6) is 5.75 Å². The first-order valence-electron chi connectivity index (χ1n) is 8.53. The summed E-state index contributed by atoms with van der Waals surface area (Å²) in [5, 5.41) is 0. The van der Waals surface area contributed by atoms with Crippen LogP contribution in [0.4, 0.5) is 0 Å². The van der Waals surface area contributed by atoms with E-state index in [1.165, 1.54) is 17.5 Å². The minimum atomic E-state index is -0.0594. The van der Waals surface area contributed by atoms with Gasteiger partial charge in [0.15, 0.2) is 0 Å².